The van der Waals surface area contributed by atoms with Crippen molar-refractivity contribution < 1.29 is 14.3 Å². The summed E-state index contributed by atoms with van der Waals surface area (Å²) in [6.45, 7) is 4.21. The first-order chi connectivity index (χ1) is 13.1. The van der Waals surface area contributed by atoms with E-state index >= 15 is 0 Å². The quantitative estimate of drug-likeness (QED) is 0.795. The van der Waals surface area contributed by atoms with Gasteiger partial charge in [0.05, 0.1) is 30.3 Å². The molecule has 3 fully saturated rings. The Morgan fingerprint density at radius 3 is 2.96 bits per heavy atom. The van der Waals surface area contributed by atoms with Gasteiger partial charge < -0.3 is 18.9 Å². The van der Waals surface area contributed by atoms with Crippen LogP contribution in [0.1, 0.15) is 24.2 Å². The van der Waals surface area contributed by atoms with Gasteiger partial charge in [-0.25, -0.2) is 4.98 Å². The summed E-state index contributed by atoms with van der Waals surface area (Å²) in [7, 11) is 1.65. The van der Waals surface area contributed by atoms with Gasteiger partial charge in [0.15, 0.2) is 0 Å². The van der Waals surface area contributed by atoms with Crippen LogP contribution in [-0.2, 0) is 20.7 Å². The number of piperidine rings is 1. The number of hydrogen-bond donors (Lipinski definition) is 0. The van der Waals surface area contributed by atoms with Crippen LogP contribution in [0.4, 0.5) is 0 Å². The molecule has 2 atom stereocenters. The Balaban J connectivity index is 1.53. The van der Waals surface area contributed by atoms with E-state index in [2.05, 4.69) is 4.98 Å². The fourth-order valence-corrected chi connectivity index (χ4v) is 4.36. The monoisotopic (exact) mass is 370 g/mol. The van der Waals surface area contributed by atoms with E-state index < -0.39 is 0 Å². The van der Waals surface area contributed by atoms with Crippen LogP contribution in [-0.4, -0.2) is 70.4 Å². The molecule has 5 rings (SSSR count). The maximum atomic E-state index is 13.1. The Labute approximate surface area is 158 Å². The van der Waals surface area contributed by atoms with Crippen molar-refractivity contribution in [3.05, 3.63) is 35.8 Å². The molecule has 0 radical (unpaired) electrons. The number of carbonyl (C=O) groups is 2. The van der Waals surface area contributed by atoms with Crippen molar-refractivity contribution in [2.45, 2.75) is 32.2 Å². The molecule has 27 heavy (non-hydrogen) atoms. The Hall–Kier alpha value is -2.41. The van der Waals surface area contributed by atoms with E-state index in [0.717, 1.165) is 29.9 Å². The van der Waals surface area contributed by atoms with E-state index in [1.807, 2.05) is 45.5 Å². The van der Waals surface area contributed by atoms with Gasteiger partial charge in [0.1, 0.15) is 5.65 Å². The van der Waals surface area contributed by atoms with Crippen LogP contribution in [0.15, 0.2) is 24.4 Å². The highest BCUT2D eigenvalue weighted by Crippen LogP contribution is 2.29. The number of hydrogen-bond acceptors (Lipinski definition) is 4. The summed E-state index contributed by atoms with van der Waals surface area (Å²) in [4.78, 5) is 34.2. The molecular weight excluding hydrogens is 344 g/mol. The highest BCUT2D eigenvalue weighted by Gasteiger charge is 2.41. The molecule has 0 saturated carbocycles. The number of ether oxygens (including phenoxy) is 1. The molecule has 3 saturated heterocycles. The number of nitrogens with zero attached hydrogens (tertiary/aromatic N) is 4. The molecule has 0 aromatic carbocycles. The summed E-state index contributed by atoms with van der Waals surface area (Å²) < 4.78 is 7.14. The highest BCUT2D eigenvalue weighted by molar-refractivity contribution is 5.84. The molecule has 0 aliphatic carbocycles. The molecule has 7 heteroatoms. The molecule has 3 aliphatic heterocycles. The number of imidazole rings is 1. The molecular formula is C20H26N4O3. The van der Waals surface area contributed by atoms with Gasteiger partial charge in [-0.1, -0.05) is 6.07 Å². The van der Waals surface area contributed by atoms with Crippen molar-refractivity contribution in [2.75, 3.05) is 33.4 Å². The predicted octanol–water partition coefficient (Wildman–Crippen LogP) is 1.28. The molecule has 2 bridgehead atoms. The fraction of sp³-hybridized carbons (Fsp3) is 0.550. The largest absolute Gasteiger partial charge is 0.383 e. The number of amides is 2. The Kier molecular flexibility index (Phi) is 4.86. The molecule has 2 aromatic heterocycles. The topological polar surface area (TPSA) is 67.2 Å². The molecule has 3 aliphatic rings. The summed E-state index contributed by atoms with van der Waals surface area (Å²) in [5.74, 6) is 0.152. The van der Waals surface area contributed by atoms with Gasteiger partial charge in [0.2, 0.25) is 11.8 Å². The number of carbonyl (C=O) groups excluding carboxylic acids is 2. The lowest BCUT2D eigenvalue weighted by Crippen LogP contribution is -2.49. The summed E-state index contributed by atoms with van der Waals surface area (Å²) in [5.41, 5.74) is 2.66. The lowest BCUT2D eigenvalue weighted by atomic mass is 9.94. The Morgan fingerprint density at radius 2 is 2.15 bits per heavy atom. The third kappa shape index (κ3) is 3.32. The number of methoxy groups -OCH3 is 1. The second-order valence-corrected chi connectivity index (χ2v) is 7.50. The summed E-state index contributed by atoms with van der Waals surface area (Å²) in [5, 5.41) is 0. The van der Waals surface area contributed by atoms with Crippen LogP contribution in [0.2, 0.25) is 0 Å². The van der Waals surface area contributed by atoms with E-state index in [0.29, 0.717) is 32.7 Å². The van der Waals surface area contributed by atoms with Gasteiger partial charge in [0, 0.05) is 39.0 Å². The summed E-state index contributed by atoms with van der Waals surface area (Å²) in [6, 6.07) is 5.93. The molecule has 2 amide bonds. The van der Waals surface area contributed by atoms with E-state index in [9.17, 15) is 9.59 Å². The zero-order chi connectivity index (χ0) is 19.0. The van der Waals surface area contributed by atoms with E-state index in [4.69, 9.17) is 4.74 Å². The van der Waals surface area contributed by atoms with Crippen molar-refractivity contribution >= 4 is 17.5 Å². The Morgan fingerprint density at radius 1 is 1.30 bits per heavy atom. The lowest BCUT2D eigenvalue weighted by molar-refractivity contribution is -0.140. The zero-order valence-electron chi connectivity index (χ0n) is 15.9. The minimum atomic E-state index is -0.0900. The zero-order valence-corrected chi connectivity index (χ0v) is 15.9. The Bertz CT molecular complexity index is 862. The fourth-order valence-electron chi connectivity index (χ4n) is 4.36. The molecule has 144 valence electrons. The SMILES string of the molecule is COCCN1C(=O)[C@H]2CC[C@@H]1CN(C(=O)Cc1c(C)nc3ccccn13)C2. The first kappa shape index (κ1) is 18.0. The molecule has 2 aromatic rings. The number of rotatable bonds is 5. The average molecular weight is 370 g/mol. The van der Waals surface area contributed by atoms with Gasteiger partial charge in [-0.05, 0) is 31.9 Å². The second kappa shape index (κ2) is 7.31. The molecule has 0 spiro atoms. The standard InChI is InChI=1S/C20H26N4O3/c1-14-17(24-8-4-3-5-18(24)21-14)11-19(25)22-12-15-6-7-16(13-22)23(20(15)26)9-10-27-2/h3-5,8,15-16H,6-7,9-13H2,1-2H3/t15-,16+/m0/s1. The first-order valence-electron chi connectivity index (χ1n) is 9.58. The van der Waals surface area contributed by atoms with Gasteiger partial charge in [-0.2, -0.15) is 0 Å². The number of pyridine rings is 1. The van der Waals surface area contributed by atoms with Gasteiger partial charge in [0.25, 0.3) is 0 Å². The van der Waals surface area contributed by atoms with Crippen LogP contribution in [0.3, 0.4) is 0 Å². The van der Waals surface area contributed by atoms with Gasteiger partial charge in [-0.15, -0.1) is 0 Å². The van der Waals surface area contributed by atoms with Gasteiger partial charge in [-0.3, -0.25) is 9.59 Å². The summed E-state index contributed by atoms with van der Waals surface area (Å²) >= 11 is 0. The second-order valence-electron chi connectivity index (χ2n) is 7.50. The average Bonchev–Trinajstić information content (AvgIpc) is 2.81. The van der Waals surface area contributed by atoms with Gasteiger partial charge >= 0.3 is 0 Å². The highest BCUT2D eigenvalue weighted by atomic mass is 16.5. The third-order valence-corrected chi connectivity index (χ3v) is 5.83. The minimum Gasteiger partial charge on any atom is -0.383 e. The predicted molar refractivity (Wildman–Crippen MR) is 100 cm³/mol. The van der Waals surface area contributed by atoms with Crippen molar-refractivity contribution in [1.29, 1.82) is 0 Å². The molecule has 0 N–H and O–H groups in total. The first-order valence-corrected chi connectivity index (χ1v) is 9.58. The smallest absolute Gasteiger partial charge is 0.228 e. The van der Waals surface area contributed by atoms with Crippen LogP contribution >= 0.6 is 0 Å². The van der Waals surface area contributed by atoms with Crippen molar-refractivity contribution in [3.63, 3.8) is 0 Å². The normalized spacial score (nSPS) is 22.5. The summed E-state index contributed by atoms with van der Waals surface area (Å²) in [6.07, 6.45) is 4.08. The van der Waals surface area contributed by atoms with E-state index in [1.54, 1.807) is 7.11 Å². The molecule has 0 unspecified atom stereocenters. The maximum absolute atomic E-state index is 13.1. The maximum Gasteiger partial charge on any atom is 0.228 e. The number of fused-ring (bicyclic) bond motifs is 5. The third-order valence-electron chi connectivity index (χ3n) is 5.83. The lowest BCUT2D eigenvalue weighted by Gasteiger charge is -2.35. The van der Waals surface area contributed by atoms with Crippen LogP contribution in [0, 0.1) is 12.8 Å². The van der Waals surface area contributed by atoms with Crippen LogP contribution in [0.25, 0.3) is 5.65 Å². The number of aryl methyl sites for hydroxylation is 1. The molecule has 7 nitrogen and oxygen atoms in total. The van der Waals surface area contributed by atoms with Crippen molar-refractivity contribution in [2.24, 2.45) is 5.92 Å². The number of aromatic nitrogens is 2. The van der Waals surface area contributed by atoms with Crippen molar-refractivity contribution in [3.8, 4) is 0 Å². The van der Waals surface area contributed by atoms with E-state index in [1.165, 1.54) is 0 Å². The van der Waals surface area contributed by atoms with Crippen LogP contribution < -0.4 is 0 Å². The molecule has 5 heterocycles. The van der Waals surface area contributed by atoms with E-state index in [-0.39, 0.29) is 23.8 Å². The van der Waals surface area contributed by atoms with Crippen molar-refractivity contribution in [1.82, 2.24) is 19.2 Å². The minimum absolute atomic E-state index is 0.0713. The van der Waals surface area contributed by atoms with Crippen LogP contribution in [0.5, 0.6) is 0 Å².